The van der Waals surface area contributed by atoms with Crippen molar-refractivity contribution in [1.29, 1.82) is 0 Å². The van der Waals surface area contributed by atoms with Gasteiger partial charge in [-0.15, -0.1) is 0 Å². The van der Waals surface area contributed by atoms with Crippen molar-refractivity contribution < 1.29 is 19.1 Å². The van der Waals surface area contributed by atoms with E-state index in [1.807, 2.05) is 30.3 Å². The van der Waals surface area contributed by atoms with Crippen LogP contribution in [0.4, 0.5) is 4.79 Å². The van der Waals surface area contributed by atoms with E-state index in [0.717, 1.165) is 5.56 Å². The van der Waals surface area contributed by atoms with Gasteiger partial charge in [0.05, 0.1) is 24.8 Å². The Balaban J connectivity index is 2.17. The Kier molecular flexibility index (Phi) is 6.29. The van der Waals surface area contributed by atoms with Gasteiger partial charge in [-0.3, -0.25) is 4.90 Å². The van der Waals surface area contributed by atoms with Crippen LogP contribution in [0.15, 0.2) is 30.3 Å². The highest BCUT2D eigenvalue weighted by molar-refractivity contribution is 6.48. The zero-order chi connectivity index (χ0) is 18.7. The second-order valence-electron chi connectivity index (χ2n) is 8.15. The van der Waals surface area contributed by atoms with Gasteiger partial charge in [-0.1, -0.05) is 51.1 Å². The molecule has 1 amide bonds. The minimum atomic E-state index is -1.25. The molecule has 0 aromatic heterocycles. The van der Waals surface area contributed by atoms with Crippen molar-refractivity contribution in [2.45, 2.75) is 58.5 Å². The second kappa shape index (κ2) is 7.89. The molecular formula is C19H31NO4Si. The highest BCUT2D eigenvalue weighted by atomic mass is 28.3. The van der Waals surface area contributed by atoms with E-state index in [0.29, 0.717) is 13.0 Å². The van der Waals surface area contributed by atoms with E-state index in [2.05, 4.69) is 33.9 Å². The van der Waals surface area contributed by atoms with Crippen molar-refractivity contribution in [3.8, 4) is 0 Å². The molecule has 1 aromatic carbocycles. The maximum absolute atomic E-state index is 12.8. The number of likely N-dealkylation sites (tertiary alicyclic amines) is 1. The molecule has 1 saturated heterocycles. The fraction of sp³-hybridized carbons (Fsp3) is 0.632. The summed E-state index contributed by atoms with van der Waals surface area (Å²) in [4.78, 5) is 14.5. The van der Waals surface area contributed by atoms with Gasteiger partial charge in [0.25, 0.3) is 0 Å². The summed E-state index contributed by atoms with van der Waals surface area (Å²) >= 11 is 0. The summed E-state index contributed by atoms with van der Waals surface area (Å²) in [6, 6.07) is 9.62. The van der Waals surface area contributed by atoms with E-state index < -0.39 is 20.7 Å². The first kappa shape index (κ1) is 19.9. The molecule has 0 spiro atoms. The van der Waals surface area contributed by atoms with E-state index in [-0.39, 0.29) is 24.7 Å². The summed E-state index contributed by atoms with van der Waals surface area (Å²) in [6.45, 7) is 11.5. The fourth-order valence-corrected chi connectivity index (χ4v) is 3.97. The number of amides is 1. The van der Waals surface area contributed by atoms with Crippen LogP contribution in [0.5, 0.6) is 0 Å². The summed E-state index contributed by atoms with van der Waals surface area (Å²) in [5.41, 5.74) is 0.152. The quantitative estimate of drug-likeness (QED) is 0.814. The number of ether oxygens (including phenoxy) is 1. The monoisotopic (exact) mass is 365 g/mol. The Morgan fingerprint density at radius 3 is 2.52 bits per heavy atom. The molecule has 1 unspecified atom stereocenters. The highest BCUT2D eigenvalue weighted by Crippen LogP contribution is 2.44. The minimum absolute atomic E-state index is 0.228. The van der Waals surface area contributed by atoms with Crippen LogP contribution in [-0.4, -0.2) is 49.9 Å². The number of aliphatic hydroxyl groups is 1. The fourth-order valence-electron chi connectivity index (χ4n) is 3.37. The Morgan fingerprint density at radius 1 is 1.32 bits per heavy atom. The zero-order valence-corrected chi connectivity index (χ0v) is 17.1. The van der Waals surface area contributed by atoms with Crippen molar-refractivity contribution in [3.05, 3.63) is 35.9 Å². The predicted octanol–water partition coefficient (Wildman–Crippen LogP) is 3.17. The van der Waals surface area contributed by atoms with Crippen molar-refractivity contribution >= 4 is 15.1 Å². The first-order valence-electron chi connectivity index (χ1n) is 8.94. The molecule has 5 nitrogen and oxygen atoms in total. The molecule has 0 radical (unpaired) electrons. The third-order valence-electron chi connectivity index (χ3n) is 4.96. The molecule has 1 fully saturated rings. The van der Waals surface area contributed by atoms with Gasteiger partial charge in [0, 0.05) is 6.42 Å². The van der Waals surface area contributed by atoms with Crippen molar-refractivity contribution in [2.75, 3.05) is 13.2 Å². The van der Waals surface area contributed by atoms with Gasteiger partial charge in [-0.25, -0.2) is 4.79 Å². The van der Waals surface area contributed by atoms with Crippen LogP contribution in [0.25, 0.3) is 0 Å². The molecule has 1 N–H and O–H groups in total. The maximum Gasteiger partial charge on any atom is 0.410 e. The molecule has 0 saturated carbocycles. The summed E-state index contributed by atoms with van der Waals surface area (Å²) < 4.78 is 11.6. The Morgan fingerprint density at radius 2 is 1.96 bits per heavy atom. The topological polar surface area (TPSA) is 59.0 Å². The second-order valence-corrected chi connectivity index (χ2v) is 10.6. The van der Waals surface area contributed by atoms with E-state index >= 15 is 0 Å². The number of nitrogens with zero attached hydrogens (tertiary/aromatic N) is 1. The Labute approximate surface area is 152 Å². The van der Waals surface area contributed by atoms with Crippen LogP contribution >= 0.6 is 0 Å². The van der Waals surface area contributed by atoms with Crippen LogP contribution in [-0.2, 0) is 15.8 Å². The number of β-amino-alcohol motifs (C(OH)–C–C–N with tert-alkyl or cyclic N) is 1. The SMILES string of the molecule is C[SiH](C)OC[C@@]1(C(C)(C)C)CC(O)CN1C(=O)OCc1ccccc1. The number of benzene rings is 1. The molecule has 6 heteroatoms. The predicted molar refractivity (Wildman–Crippen MR) is 101 cm³/mol. The summed E-state index contributed by atoms with van der Waals surface area (Å²) in [7, 11) is -1.25. The van der Waals surface area contributed by atoms with Crippen LogP contribution in [0.3, 0.4) is 0 Å². The average molecular weight is 366 g/mol. The molecule has 1 heterocycles. The number of carbonyl (C=O) groups is 1. The molecule has 25 heavy (non-hydrogen) atoms. The lowest BCUT2D eigenvalue weighted by molar-refractivity contribution is -0.0162. The lowest BCUT2D eigenvalue weighted by atomic mass is 9.72. The first-order chi connectivity index (χ1) is 11.7. The largest absolute Gasteiger partial charge is 0.445 e. The van der Waals surface area contributed by atoms with Crippen molar-refractivity contribution in [2.24, 2.45) is 5.41 Å². The molecule has 2 rings (SSSR count). The van der Waals surface area contributed by atoms with E-state index in [1.54, 1.807) is 4.90 Å². The summed E-state index contributed by atoms with van der Waals surface area (Å²) in [5, 5.41) is 10.3. The molecule has 2 atom stereocenters. The van der Waals surface area contributed by atoms with Gasteiger partial charge < -0.3 is 14.3 Å². The minimum Gasteiger partial charge on any atom is -0.445 e. The van der Waals surface area contributed by atoms with E-state index in [1.165, 1.54) is 0 Å². The lowest BCUT2D eigenvalue weighted by Crippen LogP contribution is -2.59. The van der Waals surface area contributed by atoms with Crippen LogP contribution in [0, 0.1) is 5.41 Å². The normalized spacial score (nSPS) is 24.0. The van der Waals surface area contributed by atoms with E-state index in [4.69, 9.17) is 9.16 Å². The van der Waals surface area contributed by atoms with Gasteiger partial charge in [-0.2, -0.15) is 0 Å². The first-order valence-corrected chi connectivity index (χ1v) is 11.7. The third kappa shape index (κ3) is 4.62. The zero-order valence-electron chi connectivity index (χ0n) is 16.0. The van der Waals surface area contributed by atoms with Gasteiger partial charge in [-0.05, 0) is 24.1 Å². The number of carbonyl (C=O) groups excluding carboxylic acids is 1. The highest BCUT2D eigenvalue weighted by Gasteiger charge is 2.55. The van der Waals surface area contributed by atoms with Crippen LogP contribution in [0.1, 0.15) is 32.8 Å². The summed E-state index contributed by atoms with van der Waals surface area (Å²) in [6.07, 6.45) is -0.428. The average Bonchev–Trinajstić information content (AvgIpc) is 2.89. The number of rotatable bonds is 5. The standard InChI is InChI=1S/C19H31NO4Si/c1-18(2,3)19(14-24-25(4)5)11-16(21)12-20(19)17(22)23-13-15-9-7-6-8-10-15/h6-10,16,21,25H,11-14H2,1-5H3/t16?,19-/m1/s1. The molecule has 140 valence electrons. The van der Waals surface area contributed by atoms with Gasteiger partial charge in [0.15, 0.2) is 9.04 Å². The summed E-state index contributed by atoms with van der Waals surface area (Å²) in [5.74, 6) is 0. The molecule has 1 aromatic rings. The molecule has 1 aliphatic heterocycles. The Bertz CT molecular complexity index is 573. The number of hydrogen-bond donors (Lipinski definition) is 1. The van der Waals surface area contributed by atoms with Crippen LogP contribution in [0.2, 0.25) is 13.1 Å². The number of hydrogen-bond acceptors (Lipinski definition) is 4. The third-order valence-corrected chi connectivity index (χ3v) is 5.79. The van der Waals surface area contributed by atoms with Crippen LogP contribution < -0.4 is 0 Å². The van der Waals surface area contributed by atoms with Gasteiger partial charge in [0.1, 0.15) is 6.61 Å². The molecule has 0 bridgehead atoms. The molecular weight excluding hydrogens is 334 g/mol. The Hall–Kier alpha value is -1.37. The van der Waals surface area contributed by atoms with E-state index in [9.17, 15) is 9.90 Å². The number of aliphatic hydroxyl groups excluding tert-OH is 1. The lowest BCUT2D eigenvalue weighted by Gasteiger charge is -2.47. The van der Waals surface area contributed by atoms with Crippen molar-refractivity contribution in [3.63, 3.8) is 0 Å². The van der Waals surface area contributed by atoms with Crippen molar-refractivity contribution in [1.82, 2.24) is 4.90 Å². The van der Waals surface area contributed by atoms with Gasteiger partial charge in [0.2, 0.25) is 0 Å². The smallest absolute Gasteiger partial charge is 0.410 e. The molecule has 1 aliphatic rings. The molecule has 0 aliphatic carbocycles. The van der Waals surface area contributed by atoms with Gasteiger partial charge >= 0.3 is 6.09 Å². The maximum atomic E-state index is 12.8.